The van der Waals surface area contributed by atoms with E-state index in [2.05, 4.69) is 4.98 Å². The third-order valence-electron chi connectivity index (χ3n) is 3.95. The van der Waals surface area contributed by atoms with E-state index < -0.39 is 17.5 Å². The summed E-state index contributed by atoms with van der Waals surface area (Å²) in [5, 5.41) is 0. The van der Waals surface area contributed by atoms with Gasteiger partial charge in [-0.25, -0.2) is 13.8 Å². The number of halogens is 2. The summed E-state index contributed by atoms with van der Waals surface area (Å²) in [4.78, 5) is 15.6. The lowest BCUT2D eigenvalue weighted by molar-refractivity contribution is 0.0996. The maximum absolute atomic E-state index is 13.8. The lowest BCUT2D eigenvalue weighted by Crippen LogP contribution is -2.14. The number of pyridine rings is 1. The van der Waals surface area contributed by atoms with Crippen LogP contribution in [0.2, 0.25) is 0 Å². The number of hydrogen-bond acceptors (Lipinski definition) is 3. The number of nitrogens with zero attached hydrogens (tertiary/aromatic N) is 1. The normalized spacial score (nSPS) is 16.4. The van der Waals surface area contributed by atoms with Crippen molar-refractivity contribution in [3.8, 4) is 5.88 Å². The molecule has 1 aliphatic carbocycles. The molecule has 1 aromatic heterocycles. The zero-order valence-corrected chi connectivity index (χ0v) is 11.9. The van der Waals surface area contributed by atoms with Crippen molar-refractivity contribution in [2.45, 2.75) is 18.8 Å². The molecule has 1 aromatic carbocycles. The first-order chi connectivity index (χ1) is 10.5. The van der Waals surface area contributed by atoms with Crippen molar-refractivity contribution >= 4 is 5.91 Å². The number of amides is 1. The molecule has 3 rings (SSSR count). The number of carbonyl (C=O) groups is 1. The van der Waals surface area contributed by atoms with Crippen LogP contribution < -0.4 is 10.5 Å². The molecule has 0 bridgehead atoms. The predicted molar refractivity (Wildman–Crippen MR) is 75.8 cm³/mol. The zero-order valence-electron chi connectivity index (χ0n) is 11.9. The van der Waals surface area contributed by atoms with Crippen LogP contribution in [0, 0.1) is 11.6 Å². The van der Waals surface area contributed by atoms with Gasteiger partial charge in [-0.05, 0) is 42.2 Å². The summed E-state index contributed by atoms with van der Waals surface area (Å²) >= 11 is 0. The van der Waals surface area contributed by atoms with E-state index in [1.54, 1.807) is 6.07 Å². The first kappa shape index (κ1) is 14.4. The number of aromatic nitrogens is 1. The Hall–Kier alpha value is -2.50. The van der Waals surface area contributed by atoms with Gasteiger partial charge in [-0.3, -0.25) is 4.79 Å². The van der Waals surface area contributed by atoms with Gasteiger partial charge >= 0.3 is 0 Å². The largest absolute Gasteiger partial charge is 0.480 e. The van der Waals surface area contributed by atoms with Gasteiger partial charge in [-0.2, -0.15) is 0 Å². The Bertz CT molecular complexity index is 762. The molecule has 1 amide bonds. The molecule has 0 saturated carbocycles. The Morgan fingerprint density at radius 1 is 1.36 bits per heavy atom. The van der Waals surface area contributed by atoms with Crippen molar-refractivity contribution in [1.82, 2.24) is 4.98 Å². The van der Waals surface area contributed by atoms with E-state index in [4.69, 9.17) is 10.5 Å². The number of benzene rings is 1. The number of methoxy groups -OCH3 is 1. The van der Waals surface area contributed by atoms with E-state index in [9.17, 15) is 13.6 Å². The van der Waals surface area contributed by atoms with Crippen LogP contribution >= 0.6 is 0 Å². The van der Waals surface area contributed by atoms with E-state index in [1.165, 1.54) is 19.2 Å². The molecule has 6 heteroatoms. The second-order valence-electron chi connectivity index (χ2n) is 5.20. The van der Waals surface area contributed by atoms with Crippen molar-refractivity contribution in [3.63, 3.8) is 0 Å². The van der Waals surface area contributed by atoms with Crippen molar-refractivity contribution in [2.24, 2.45) is 5.73 Å². The van der Waals surface area contributed by atoms with Gasteiger partial charge in [0, 0.05) is 12.0 Å². The molecular weight excluding hydrogens is 290 g/mol. The first-order valence-corrected chi connectivity index (χ1v) is 6.83. The first-order valence-electron chi connectivity index (χ1n) is 6.83. The van der Waals surface area contributed by atoms with E-state index >= 15 is 0 Å². The van der Waals surface area contributed by atoms with Crippen LogP contribution in [-0.4, -0.2) is 18.0 Å². The number of nitrogens with two attached hydrogens (primary N) is 1. The highest BCUT2D eigenvalue weighted by Crippen LogP contribution is 2.39. The Morgan fingerprint density at radius 2 is 2.14 bits per heavy atom. The molecule has 1 heterocycles. The molecule has 1 aliphatic rings. The van der Waals surface area contributed by atoms with Crippen LogP contribution in [0.15, 0.2) is 24.3 Å². The van der Waals surface area contributed by atoms with Gasteiger partial charge in [0.05, 0.1) is 12.8 Å². The van der Waals surface area contributed by atoms with Gasteiger partial charge < -0.3 is 10.5 Å². The molecule has 4 nitrogen and oxygen atoms in total. The minimum absolute atomic E-state index is 0.121. The summed E-state index contributed by atoms with van der Waals surface area (Å²) in [6.07, 6.45) is 1.15. The van der Waals surface area contributed by atoms with E-state index in [0.29, 0.717) is 29.7 Å². The molecular formula is C16H14F2N2O2. The topological polar surface area (TPSA) is 65.2 Å². The molecule has 0 saturated heterocycles. The number of fused-ring (bicyclic) bond motifs is 1. The molecule has 0 spiro atoms. The van der Waals surface area contributed by atoms with Crippen LogP contribution in [0.25, 0.3) is 0 Å². The van der Waals surface area contributed by atoms with Crippen LogP contribution in [0.1, 0.15) is 39.5 Å². The van der Waals surface area contributed by atoms with Crippen LogP contribution in [0.4, 0.5) is 8.78 Å². The fourth-order valence-electron chi connectivity index (χ4n) is 2.94. The van der Waals surface area contributed by atoms with Gasteiger partial charge in [-0.1, -0.05) is 0 Å². The molecule has 2 N–H and O–H groups in total. The van der Waals surface area contributed by atoms with Crippen molar-refractivity contribution < 1.29 is 18.3 Å². The number of ether oxygens (including phenoxy) is 1. The highest BCUT2D eigenvalue weighted by atomic mass is 19.1. The molecule has 1 atom stereocenters. The summed E-state index contributed by atoms with van der Waals surface area (Å²) in [5.41, 5.74) is 7.15. The van der Waals surface area contributed by atoms with Crippen molar-refractivity contribution in [1.29, 1.82) is 0 Å². The second kappa shape index (κ2) is 5.36. The maximum Gasteiger partial charge on any atom is 0.254 e. The number of hydrogen-bond donors (Lipinski definition) is 1. The monoisotopic (exact) mass is 304 g/mol. The van der Waals surface area contributed by atoms with Gasteiger partial charge in [0.15, 0.2) is 0 Å². The summed E-state index contributed by atoms with van der Waals surface area (Å²) in [7, 11) is 1.39. The molecule has 0 fully saturated rings. The van der Waals surface area contributed by atoms with Crippen molar-refractivity contribution in [3.05, 3.63) is 58.3 Å². The lowest BCUT2D eigenvalue weighted by atomic mass is 9.96. The van der Waals surface area contributed by atoms with Gasteiger partial charge in [-0.15, -0.1) is 0 Å². The molecule has 0 aliphatic heterocycles. The van der Waals surface area contributed by atoms with Crippen LogP contribution in [0.5, 0.6) is 5.88 Å². The Balaban J connectivity index is 2.06. The predicted octanol–water partition coefficient (Wildman–Crippen LogP) is 2.55. The van der Waals surface area contributed by atoms with Gasteiger partial charge in [0.25, 0.3) is 5.91 Å². The quantitative estimate of drug-likeness (QED) is 0.947. The Morgan fingerprint density at radius 3 is 2.82 bits per heavy atom. The number of primary amides is 1. The molecule has 0 radical (unpaired) electrons. The SMILES string of the molecule is COc1nc([C@@H]2CCc3c(F)cc(F)cc32)ccc1C(N)=O. The molecule has 22 heavy (non-hydrogen) atoms. The standard InChI is InChI=1S/C16H14F2N2O2/c1-22-16-11(15(19)21)4-5-14(20-16)10-3-2-9-12(10)6-8(17)7-13(9)18/h4-7,10H,2-3H2,1H3,(H2,19,21)/t10-/m1/s1. The van der Waals surface area contributed by atoms with Crippen LogP contribution in [-0.2, 0) is 6.42 Å². The van der Waals surface area contributed by atoms with Crippen LogP contribution in [0.3, 0.4) is 0 Å². The number of rotatable bonds is 3. The highest BCUT2D eigenvalue weighted by molar-refractivity contribution is 5.95. The third kappa shape index (κ3) is 2.30. The van der Waals surface area contributed by atoms with E-state index in [-0.39, 0.29) is 17.4 Å². The molecule has 114 valence electrons. The zero-order chi connectivity index (χ0) is 15.9. The summed E-state index contributed by atoms with van der Waals surface area (Å²) in [6.45, 7) is 0. The summed E-state index contributed by atoms with van der Waals surface area (Å²) in [5.74, 6) is -1.88. The van der Waals surface area contributed by atoms with Gasteiger partial charge in [0.2, 0.25) is 5.88 Å². The summed E-state index contributed by atoms with van der Waals surface area (Å²) in [6, 6.07) is 5.40. The average molecular weight is 304 g/mol. The summed E-state index contributed by atoms with van der Waals surface area (Å²) < 4.78 is 32.4. The van der Waals surface area contributed by atoms with Crippen molar-refractivity contribution in [2.75, 3.05) is 7.11 Å². The average Bonchev–Trinajstić information content (AvgIpc) is 2.90. The van der Waals surface area contributed by atoms with E-state index in [0.717, 1.165) is 6.07 Å². The Kier molecular flexibility index (Phi) is 3.52. The fourth-order valence-corrected chi connectivity index (χ4v) is 2.94. The maximum atomic E-state index is 13.8. The molecule has 2 aromatic rings. The lowest BCUT2D eigenvalue weighted by Gasteiger charge is -2.14. The fraction of sp³-hybridized carbons (Fsp3) is 0.250. The second-order valence-corrected chi connectivity index (χ2v) is 5.20. The Labute approximate surface area is 125 Å². The molecule has 0 unspecified atom stereocenters. The smallest absolute Gasteiger partial charge is 0.254 e. The van der Waals surface area contributed by atoms with Gasteiger partial charge in [0.1, 0.15) is 17.2 Å². The number of carbonyl (C=O) groups excluding carboxylic acids is 1. The third-order valence-corrected chi connectivity index (χ3v) is 3.95. The highest BCUT2D eigenvalue weighted by Gasteiger charge is 2.29. The minimum atomic E-state index is -0.639. The minimum Gasteiger partial charge on any atom is -0.480 e. The van der Waals surface area contributed by atoms with E-state index in [1.807, 2.05) is 0 Å².